The minimum Gasteiger partial charge on any atom is -0.495 e. The van der Waals surface area contributed by atoms with E-state index in [0.717, 1.165) is 11.1 Å². The van der Waals surface area contributed by atoms with Gasteiger partial charge in [-0.1, -0.05) is 42.3 Å². The summed E-state index contributed by atoms with van der Waals surface area (Å²) in [5.41, 5.74) is -0.479. The third kappa shape index (κ3) is 5.81. The Bertz CT molecular complexity index is 1190. The van der Waals surface area contributed by atoms with Gasteiger partial charge in [0.2, 0.25) is 5.91 Å². The van der Waals surface area contributed by atoms with Gasteiger partial charge in [-0.05, 0) is 38.0 Å². The molecule has 3 N–H and O–H groups in total. The number of anilines is 1. The second-order valence-corrected chi connectivity index (χ2v) is 11.2. The number of fused-ring (bicyclic) bond motifs is 5. The van der Waals surface area contributed by atoms with Crippen molar-refractivity contribution in [1.82, 2.24) is 5.32 Å². The van der Waals surface area contributed by atoms with Gasteiger partial charge in [0.15, 0.2) is 5.72 Å². The molecule has 3 heterocycles. The summed E-state index contributed by atoms with van der Waals surface area (Å²) in [6, 6.07) is 3.63. The van der Waals surface area contributed by atoms with Crippen LogP contribution in [0.4, 0.5) is 10.5 Å². The largest absolute Gasteiger partial charge is 0.495 e. The van der Waals surface area contributed by atoms with Gasteiger partial charge in [0.05, 0.1) is 31.4 Å². The van der Waals surface area contributed by atoms with E-state index in [4.69, 9.17) is 30.5 Å². The van der Waals surface area contributed by atoms with E-state index < -0.39 is 47.8 Å². The average molecular weight is 565 g/mol. The molecule has 0 unspecified atom stereocenters. The highest BCUT2D eigenvalue weighted by Crippen LogP contribution is 2.48. The Morgan fingerprint density at radius 1 is 1.26 bits per heavy atom. The highest BCUT2D eigenvalue weighted by Gasteiger charge is 2.62. The van der Waals surface area contributed by atoms with Gasteiger partial charge < -0.3 is 34.1 Å². The van der Waals surface area contributed by atoms with Crippen LogP contribution in [0.15, 0.2) is 35.9 Å². The van der Waals surface area contributed by atoms with Crippen molar-refractivity contribution >= 4 is 29.3 Å². The quantitative estimate of drug-likeness (QED) is 0.467. The topological polar surface area (TPSA) is 130 Å². The van der Waals surface area contributed by atoms with Crippen LogP contribution in [0.3, 0.4) is 0 Å². The van der Waals surface area contributed by atoms with E-state index in [1.54, 1.807) is 26.1 Å². The molecule has 1 aromatic rings. The first-order chi connectivity index (χ1) is 18.3. The molecule has 214 valence electrons. The lowest BCUT2D eigenvalue weighted by Gasteiger charge is -2.42. The number of aliphatic hydroxyl groups excluding tert-OH is 1. The molecule has 0 saturated carbocycles. The van der Waals surface area contributed by atoms with Crippen LogP contribution in [0, 0.1) is 5.92 Å². The van der Waals surface area contributed by atoms with Crippen molar-refractivity contribution in [3.8, 4) is 5.75 Å². The normalized spacial score (nSPS) is 35.5. The fourth-order valence-electron chi connectivity index (χ4n) is 5.46. The van der Waals surface area contributed by atoms with Gasteiger partial charge in [0, 0.05) is 26.5 Å². The number of allylic oxidation sites excluding steroid dienone is 3. The number of alkyl carbamates (subject to hydrolysis) is 1. The molecule has 0 aliphatic carbocycles. The van der Waals surface area contributed by atoms with Gasteiger partial charge in [-0.3, -0.25) is 10.1 Å². The molecule has 0 radical (unpaired) electrons. The maximum atomic E-state index is 13.3. The second kappa shape index (κ2) is 11.1. The Labute approximate surface area is 233 Å². The van der Waals surface area contributed by atoms with Crippen LogP contribution in [0.25, 0.3) is 0 Å². The Morgan fingerprint density at radius 2 is 1.97 bits per heavy atom. The molecule has 11 heteroatoms. The summed E-state index contributed by atoms with van der Waals surface area (Å²) in [7, 11) is 4.56. The maximum absolute atomic E-state index is 13.3. The molecule has 3 aliphatic rings. The van der Waals surface area contributed by atoms with Gasteiger partial charge in [-0.2, -0.15) is 0 Å². The molecule has 2 saturated heterocycles. The molecule has 4 rings (SSSR count). The van der Waals surface area contributed by atoms with Crippen molar-refractivity contribution in [3.05, 3.63) is 46.5 Å². The van der Waals surface area contributed by atoms with E-state index in [0.29, 0.717) is 17.9 Å². The number of rotatable bonds is 2. The lowest BCUT2D eigenvalue weighted by Crippen LogP contribution is -2.63. The fourth-order valence-corrected chi connectivity index (χ4v) is 5.78. The van der Waals surface area contributed by atoms with E-state index >= 15 is 0 Å². The molecule has 2 amide bonds. The highest BCUT2D eigenvalue weighted by atomic mass is 35.5. The van der Waals surface area contributed by atoms with Crippen LogP contribution in [-0.4, -0.2) is 79.2 Å². The van der Waals surface area contributed by atoms with Crippen LogP contribution in [0.2, 0.25) is 5.02 Å². The van der Waals surface area contributed by atoms with E-state index in [1.807, 2.05) is 32.1 Å². The molecule has 10 nitrogen and oxygen atoms in total. The Balaban J connectivity index is 1.74. The van der Waals surface area contributed by atoms with Crippen molar-refractivity contribution in [2.45, 2.75) is 75.8 Å². The van der Waals surface area contributed by atoms with E-state index in [-0.39, 0.29) is 23.8 Å². The van der Waals surface area contributed by atoms with Gasteiger partial charge >= 0.3 is 6.09 Å². The molecular formula is C28H37ClN2O8. The number of nitrogens with zero attached hydrogens (tertiary/aromatic N) is 1. The Hall–Kier alpha value is -2.63. The van der Waals surface area contributed by atoms with Crippen molar-refractivity contribution in [1.29, 1.82) is 0 Å². The summed E-state index contributed by atoms with van der Waals surface area (Å²) in [4.78, 5) is 27.1. The molecule has 39 heavy (non-hydrogen) atoms. The summed E-state index contributed by atoms with van der Waals surface area (Å²) >= 11 is 6.58. The zero-order valence-electron chi connectivity index (χ0n) is 23.1. The molecule has 3 aliphatic heterocycles. The zero-order valence-corrected chi connectivity index (χ0v) is 23.8. The molecule has 1 aromatic carbocycles. The number of benzene rings is 1. The first kappa shape index (κ1) is 29.4. The standard InChI is InChI=1S/C28H37ClN2O8/c1-15-8-7-9-22(37-6)28(35)14-20(38-26(34)30-28)16(2)25-27(3,39-25)21(32)13-23(33)31(4)18-11-17(10-15)12-19(36-5)24(18)29/h7-9,11-12,16,20-22,25,32,35H,10,13-14H2,1-6H3,(H,30,34)/t16-,20+,21+,22-,25+,27-,28+/m1/s1. The number of hydrogen-bond donors (Lipinski definition) is 3. The number of epoxide rings is 1. The molecular weight excluding hydrogens is 528 g/mol. The number of ether oxygens (including phenoxy) is 4. The molecule has 7 atom stereocenters. The zero-order chi connectivity index (χ0) is 28.7. The highest BCUT2D eigenvalue weighted by molar-refractivity contribution is 6.35. The summed E-state index contributed by atoms with van der Waals surface area (Å²) in [6.07, 6.45) is 1.63. The SMILES string of the molecule is COc1cc2cc(c1Cl)N(C)C(=O)C[C@H](O)[C@@]1(C)O[C@H]1[C@H](C)[C@@H]1C[C@@](O)(NC(=O)O1)[C@H](OC)C=CC=C(C)C2. The van der Waals surface area contributed by atoms with Gasteiger partial charge in [-0.15, -0.1) is 0 Å². The van der Waals surface area contributed by atoms with Gasteiger partial charge in [0.25, 0.3) is 0 Å². The van der Waals surface area contributed by atoms with Crippen LogP contribution < -0.4 is 15.0 Å². The minimum absolute atomic E-state index is 0.0310. The summed E-state index contributed by atoms with van der Waals surface area (Å²) in [5.74, 6) is -0.323. The minimum atomic E-state index is -1.73. The number of methoxy groups -OCH3 is 2. The molecule has 0 aromatic heterocycles. The molecule has 2 fully saturated rings. The first-order valence-electron chi connectivity index (χ1n) is 12.9. The van der Waals surface area contributed by atoms with Crippen LogP contribution in [0.5, 0.6) is 5.75 Å². The Morgan fingerprint density at radius 3 is 2.64 bits per heavy atom. The Kier molecular flexibility index (Phi) is 8.35. The average Bonchev–Trinajstić information content (AvgIpc) is 3.58. The molecule has 0 spiro atoms. The maximum Gasteiger partial charge on any atom is 0.409 e. The summed E-state index contributed by atoms with van der Waals surface area (Å²) in [5, 5.41) is 25.3. The third-order valence-corrected chi connectivity index (χ3v) is 8.36. The van der Waals surface area contributed by atoms with Crippen molar-refractivity contribution in [2.24, 2.45) is 5.92 Å². The molecule has 4 bridgehead atoms. The van der Waals surface area contributed by atoms with Gasteiger partial charge in [-0.25, -0.2) is 4.79 Å². The van der Waals surface area contributed by atoms with Crippen molar-refractivity contribution < 1.29 is 38.7 Å². The number of carbonyl (C=O) groups excluding carboxylic acids is 2. The number of halogens is 1. The number of amides is 2. The lowest BCUT2D eigenvalue weighted by atomic mass is 9.84. The van der Waals surface area contributed by atoms with Crippen LogP contribution >= 0.6 is 11.6 Å². The predicted molar refractivity (Wildman–Crippen MR) is 145 cm³/mol. The number of aliphatic hydroxyl groups is 2. The monoisotopic (exact) mass is 564 g/mol. The summed E-state index contributed by atoms with van der Waals surface area (Å²) < 4.78 is 22.4. The summed E-state index contributed by atoms with van der Waals surface area (Å²) in [6.45, 7) is 5.48. The van der Waals surface area contributed by atoms with Crippen molar-refractivity contribution in [3.63, 3.8) is 0 Å². The fraction of sp³-hybridized carbons (Fsp3) is 0.571. The third-order valence-electron chi connectivity index (χ3n) is 7.98. The van der Waals surface area contributed by atoms with Crippen molar-refractivity contribution in [2.75, 3.05) is 26.2 Å². The lowest BCUT2D eigenvalue weighted by molar-refractivity contribution is -0.142. The predicted octanol–water partition coefficient (Wildman–Crippen LogP) is 3.12. The van der Waals surface area contributed by atoms with Crippen LogP contribution in [-0.2, 0) is 25.4 Å². The number of nitrogens with one attached hydrogen (secondary N) is 1. The smallest absolute Gasteiger partial charge is 0.409 e. The number of hydrogen-bond acceptors (Lipinski definition) is 8. The van der Waals surface area contributed by atoms with E-state index in [1.165, 1.54) is 19.1 Å². The first-order valence-corrected chi connectivity index (χ1v) is 13.3. The second-order valence-electron chi connectivity index (χ2n) is 10.8. The van der Waals surface area contributed by atoms with E-state index in [9.17, 15) is 19.8 Å². The van der Waals surface area contributed by atoms with E-state index in [2.05, 4.69) is 5.32 Å². The van der Waals surface area contributed by atoms with Crippen LogP contribution in [0.1, 0.15) is 39.2 Å². The number of carbonyl (C=O) groups is 2. The van der Waals surface area contributed by atoms with Gasteiger partial charge in [0.1, 0.15) is 28.6 Å².